The van der Waals surface area contributed by atoms with Gasteiger partial charge in [0.05, 0.1) is 26.8 Å². The number of anilines is 1. The van der Waals surface area contributed by atoms with Gasteiger partial charge in [-0.2, -0.15) is 0 Å². The molecule has 2 N–H and O–H groups in total. The number of fused-ring (bicyclic) bond motifs is 1. The summed E-state index contributed by atoms with van der Waals surface area (Å²) in [6, 6.07) is 26.3. The van der Waals surface area contributed by atoms with E-state index < -0.39 is 12.1 Å². The zero-order valence-corrected chi connectivity index (χ0v) is 17.7. The van der Waals surface area contributed by atoms with Crippen LogP contribution in [0.3, 0.4) is 0 Å². The highest BCUT2D eigenvalue weighted by Gasteiger charge is 2.27. The molecule has 3 heterocycles. The molecule has 0 bridgehead atoms. The van der Waals surface area contributed by atoms with Crippen LogP contribution in [0.5, 0.6) is 0 Å². The van der Waals surface area contributed by atoms with E-state index in [0.717, 1.165) is 21.7 Å². The van der Waals surface area contributed by atoms with Gasteiger partial charge in [-0.3, -0.25) is 14.6 Å². The molecule has 4 aromatic rings. The Morgan fingerprint density at radius 1 is 0.906 bits per heavy atom. The van der Waals surface area contributed by atoms with Crippen LogP contribution in [0.4, 0.5) is 5.69 Å². The number of para-hydroxylation sites is 1. The molecule has 32 heavy (non-hydrogen) atoms. The van der Waals surface area contributed by atoms with E-state index in [1.165, 1.54) is 11.3 Å². The summed E-state index contributed by atoms with van der Waals surface area (Å²) in [7, 11) is 0. The van der Waals surface area contributed by atoms with Gasteiger partial charge in [0.1, 0.15) is 0 Å². The zero-order valence-electron chi connectivity index (χ0n) is 16.9. The van der Waals surface area contributed by atoms with Crippen molar-refractivity contribution in [2.45, 2.75) is 6.17 Å². The van der Waals surface area contributed by atoms with Crippen LogP contribution in [-0.2, 0) is 4.79 Å². The number of hydrogen-bond acceptors (Lipinski definition) is 5. The van der Waals surface area contributed by atoms with E-state index in [1.807, 2.05) is 78.9 Å². The van der Waals surface area contributed by atoms with Crippen LogP contribution in [0.2, 0.25) is 0 Å². The molecule has 2 aromatic heterocycles. The molecule has 2 amide bonds. The number of benzodiazepines with no additional fused rings is 1. The highest BCUT2D eigenvalue weighted by Crippen LogP contribution is 2.27. The Hall–Kier alpha value is -4.10. The average molecular weight is 439 g/mol. The van der Waals surface area contributed by atoms with Gasteiger partial charge in [-0.25, -0.2) is 4.99 Å². The van der Waals surface area contributed by atoms with Gasteiger partial charge in [-0.05, 0) is 30.3 Å². The Labute approximate surface area is 188 Å². The fourth-order valence-corrected chi connectivity index (χ4v) is 4.37. The quantitative estimate of drug-likeness (QED) is 0.497. The highest BCUT2D eigenvalue weighted by atomic mass is 32.1. The topological polar surface area (TPSA) is 83.5 Å². The number of benzene rings is 2. The third kappa shape index (κ3) is 3.93. The number of hydrogen-bond donors (Lipinski definition) is 2. The average Bonchev–Trinajstić information content (AvgIpc) is 3.29. The summed E-state index contributed by atoms with van der Waals surface area (Å²) in [5, 5.41) is 5.66. The van der Waals surface area contributed by atoms with Crippen molar-refractivity contribution in [3.05, 3.63) is 107 Å². The molecule has 1 aliphatic rings. The number of nitrogens with one attached hydrogen (secondary N) is 2. The second-order valence-corrected chi connectivity index (χ2v) is 8.22. The summed E-state index contributed by atoms with van der Waals surface area (Å²) >= 11 is 1.32. The van der Waals surface area contributed by atoms with Crippen molar-refractivity contribution < 1.29 is 9.59 Å². The third-order valence-corrected chi connectivity index (χ3v) is 6.12. The molecule has 0 saturated heterocycles. The molecule has 2 aromatic carbocycles. The lowest BCUT2D eigenvalue weighted by Gasteiger charge is -2.12. The number of nitrogens with zero attached hydrogens (tertiary/aromatic N) is 2. The molecule has 0 unspecified atom stereocenters. The smallest absolute Gasteiger partial charge is 0.269 e. The maximum Gasteiger partial charge on any atom is 0.269 e. The fourth-order valence-electron chi connectivity index (χ4n) is 3.48. The summed E-state index contributed by atoms with van der Waals surface area (Å²) < 4.78 is 0. The van der Waals surface area contributed by atoms with Crippen molar-refractivity contribution in [1.29, 1.82) is 0 Å². The van der Waals surface area contributed by atoms with Crippen LogP contribution in [0.15, 0.2) is 96.1 Å². The van der Waals surface area contributed by atoms with Gasteiger partial charge in [0.15, 0.2) is 0 Å². The molecule has 5 rings (SSSR count). The Morgan fingerprint density at radius 3 is 2.50 bits per heavy atom. The first-order valence-electron chi connectivity index (χ1n) is 10.0. The number of pyridine rings is 1. The van der Waals surface area contributed by atoms with Crippen molar-refractivity contribution in [1.82, 2.24) is 10.3 Å². The lowest BCUT2D eigenvalue weighted by molar-refractivity contribution is -0.117. The molecule has 0 aliphatic carbocycles. The van der Waals surface area contributed by atoms with E-state index in [0.29, 0.717) is 16.3 Å². The predicted molar refractivity (Wildman–Crippen MR) is 126 cm³/mol. The molecule has 0 radical (unpaired) electrons. The van der Waals surface area contributed by atoms with E-state index in [1.54, 1.807) is 12.3 Å². The SMILES string of the molecule is O=C(N[C@H]1N=C(c2ccccc2)c2ccccc2NC1=O)c1ccc(-c2ccccn2)s1. The molecule has 1 atom stereocenters. The third-order valence-electron chi connectivity index (χ3n) is 5.01. The first-order valence-corrected chi connectivity index (χ1v) is 10.9. The number of thiophene rings is 1. The number of rotatable bonds is 4. The molecule has 7 heteroatoms. The number of aromatic nitrogens is 1. The molecule has 6 nitrogen and oxygen atoms in total. The Morgan fingerprint density at radius 2 is 1.69 bits per heavy atom. The van der Waals surface area contributed by atoms with Crippen LogP contribution in [0, 0.1) is 0 Å². The van der Waals surface area contributed by atoms with E-state index in [9.17, 15) is 9.59 Å². The van der Waals surface area contributed by atoms with Gasteiger partial charge >= 0.3 is 0 Å². The Bertz CT molecular complexity index is 1320. The van der Waals surface area contributed by atoms with Gasteiger partial charge in [0.25, 0.3) is 11.8 Å². The van der Waals surface area contributed by atoms with Crippen LogP contribution in [0.25, 0.3) is 10.6 Å². The lowest BCUT2D eigenvalue weighted by atomic mass is 10.0. The van der Waals surface area contributed by atoms with Crippen LogP contribution >= 0.6 is 11.3 Å². The van der Waals surface area contributed by atoms with Gasteiger partial charge in [0, 0.05) is 17.3 Å². The maximum absolute atomic E-state index is 13.0. The van der Waals surface area contributed by atoms with Crippen molar-refractivity contribution >= 4 is 34.6 Å². The molecule has 1 aliphatic heterocycles. The Balaban J connectivity index is 1.46. The van der Waals surface area contributed by atoms with Gasteiger partial charge in [-0.15, -0.1) is 11.3 Å². The lowest BCUT2D eigenvalue weighted by Crippen LogP contribution is -2.42. The van der Waals surface area contributed by atoms with Crippen LogP contribution in [-0.4, -0.2) is 28.7 Å². The summed E-state index contributed by atoms with van der Waals surface area (Å²) in [6.07, 6.45) is 0.646. The van der Waals surface area contributed by atoms with Gasteiger partial charge in [0.2, 0.25) is 6.17 Å². The number of aliphatic imine (C=N–C) groups is 1. The second-order valence-electron chi connectivity index (χ2n) is 7.13. The predicted octanol–water partition coefficient (Wildman–Crippen LogP) is 4.36. The minimum atomic E-state index is -1.06. The first kappa shape index (κ1) is 19.8. The summed E-state index contributed by atoms with van der Waals surface area (Å²) in [4.78, 5) is 36.2. The molecule has 0 saturated carbocycles. The second kappa shape index (κ2) is 8.56. The standard InChI is InChI=1S/C25H18N4O2S/c30-24(21-14-13-20(32-21)19-12-6-7-15-26-19)29-23-25(31)27-18-11-5-4-10-17(18)22(28-23)16-8-2-1-3-9-16/h1-15,23H,(H,27,31)(H,29,30)/t23-/m1/s1. The minimum Gasteiger partial charge on any atom is -0.322 e. The highest BCUT2D eigenvalue weighted by molar-refractivity contribution is 7.17. The van der Waals surface area contributed by atoms with Crippen molar-refractivity contribution in [2.75, 3.05) is 5.32 Å². The van der Waals surface area contributed by atoms with E-state index in [-0.39, 0.29) is 5.91 Å². The fraction of sp³-hybridized carbons (Fsp3) is 0.0400. The van der Waals surface area contributed by atoms with Crippen molar-refractivity contribution in [2.24, 2.45) is 4.99 Å². The molecular weight excluding hydrogens is 420 g/mol. The monoisotopic (exact) mass is 438 g/mol. The molecular formula is C25H18N4O2S. The number of amides is 2. The first-order chi connectivity index (χ1) is 15.7. The van der Waals surface area contributed by atoms with Gasteiger partial charge in [-0.1, -0.05) is 54.6 Å². The molecule has 0 spiro atoms. The largest absolute Gasteiger partial charge is 0.322 e. The van der Waals surface area contributed by atoms with Crippen LogP contribution < -0.4 is 10.6 Å². The minimum absolute atomic E-state index is 0.362. The summed E-state index contributed by atoms with van der Waals surface area (Å²) in [6.45, 7) is 0. The Kier molecular flexibility index (Phi) is 5.31. The van der Waals surface area contributed by atoms with E-state index in [2.05, 4.69) is 20.6 Å². The normalized spacial score (nSPS) is 15.2. The van der Waals surface area contributed by atoms with E-state index in [4.69, 9.17) is 0 Å². The van der Waals surface area contributed by atoms with Crippen molar-refractivity contribution in [3.8, 4) is 10.6 Å². The summed E-state index contributed by atoms with van der Waals surface area (Å²) in [5.41, 5.74) is 3.76. The number of carbonyl (C=O) groups is 2. The van der Waals surface area contributed by atoms with Gasteiger partial charge < -0.3 is 10.6 Å². The molecule has 0 fully saturated rings. The summed E-state index contributed by atoms with van der Waals surface area (Å²) in [5.74, 6) is -0.752. The molecule has 156 valence electrons. The van der Waals surface area contributed by atoms with Crippen LogP contribution in [0.1, 0.15) is 20.8 Å². The van der Waals surface area contributed by atoms with E-state index >= 15 is 0 Å². The number of carbonyl (C=O) groups excluding carboxylic acids is 2. The zero-order chi connectivity index (χ0) is 21.9. The maximum atomic E-state index is 13.0. The van der Waals surface area contributed by atoms with Crippen molar-refractivity contribution in [3.63, 3.8) is 0 Å².